The molecule has 0 amide bonds. The number of aromatic nitrogens is 1. The van der Waals surface area contributed by atoms with Crippen LogP contribution in [0.25, 0.3) is 0 Å². The fourth-order valence-corrected chi connectivity index (χ4v) is 1.34. The molecule has 6 heteroatoms. The highest BCUT2D eigenvalue weighted by Crippen LogP contribution is 2.05. The second kappa shape index (κ2) is 10.2. The quantitative estimate of drug-likeness (QED) is 0.461. The van der Waals surface area contributed by atoms with E-state index < -0.39 is 0 Å². The van der Waals surface area contributed by atoms with Crippen LogP contribution in [0.5, 0.6) is 0 Å². The molecule has 0 aliphatic rings. The van der Waals surface area contributed by atoms with Gasteiger partial charge < -0.3 is 15.2 Å². The zero-order valence-electron chi connectivity index (χ0n) is 11.3. The maximum Gasteiger partial charge on any atom is 0.191 e. The van der Waals surface area contributed by atoms with Gasteiger partial charge in [-0.3, -0.25) is 0 Å². The summed E-state index contributed by atoms with van der Waals surface area (Å²) in [5.74, 6) is 1.62. The van der Waals surface area contributed by atoms with Crippen molar-refractivity contribution in [2.75, 3.05) is 13.1 Å². The number of hydrogen-bond acceptors (Lipinski definition) is 3. The number of nitrogens with one attached hydrogen (secondary N) is 2. The van der Waals surface area contributed by atoms with Crippen LogP contribution in [0.1, 0.15) is 38.6 Å². The zero-order valence-corrected chi connectivity index (χ0v) is 13.7. The maximum atomic E-state index is 5.18. The van der Waals surface area contributed by atoms with E-state index in [1.54, 1.807) is 0 Å². The summed E-state index contributed by atoms with van der Waals surface area (Å²) in [6.07, 6.45) is 1.97. The molecule has 0 aliphatic carbocycles. The van der Waals surface area contributed by atoms with E-state index in [4.69, 9.17) is 4.52 Å². The molecule has 18 heavy (non-hydrogen) atoms. The topological polar surface area (TPSA) is 62.5 Å². The predicted molar refractivity (Wildman–Crippen MR) is 84.4 cm³/mol. The van der Waals surface area contributed by atoms with Gasteiger partial charge in [0.05, 0.1) is 5.69 Å². The third-order valence-electron chi connectivity index (χ3n) is 2.25. The number of aryl methyl sites for hydroxylation is 1. The minimum absolute atomic E-state index is 0. The van der Waals surface area contributed by atoms with E-state index in [0.717, 1.165) is 43.3 Å². The Kier molecular flexibility index (Phi) is 9.72. The maximum absolute atomic E-state index is 5.18. The molecular weight excluding hydrogens is 343 g/mol. The summed E-state index contributed by atoms with van der Waals surface area (Å²) in [6.45, 7) is 8.52. The van der Waals surface area contributed by atoms with Crippen LogP contribution in [0.4, 0.5) is 0 Å². The second-order valence-corrected chi connectivity index (χ2v) is 3.76. The molecule has 0 bridgehead atoms. The van der Waals surface area contributed by atoms with Gasteiger partial charge in [-0.2, -0.15) is 0 Å². The van der Waals surface area contributed by atoms with Gasteiger partial charge in [0.15, 0.2) is 11.7 Å². The zero-order chi connectivity index (χ0) is 12.5. The van der Waals surface area contributed by atoms with Crippen LogP contribution < -0.4 is 10.6 Å². The molecule has 0 spiro atoms. The molecule has 1 aromatic heterocycles. The average Bonchev–Trinajstić information content (AvgIpc) is 2.80. The Balaban J connectivity index is 0.00000289. The highest BCUT2D eigenvalue weighted by atomic mass is 127. The Morgan fingerprint density at radius 2 is 2.11 bits per heavy atom. The van der Waals surface area contributed by atoms with E-state index in [2.05, 4.69) is 34.6 Å². The normalized spacial score (nSPS) is 10.9. The first-order valence-corrected chi connectivity index (χ1v) is 6.26. The van der Waals surface area contributed by atoms with Crippen molar-refractivity contribution in [3.05, 3.63) is 17.5 Å². The van der Waals surface area contributed by atoms with Crippen molar-refractivity contribution in [2.24, 2.45) is 4.99 Å². The minimum atomic E-state index is 0. The Morgan fingerprint density at radius 1 is 1.33 bits per heavy atom. The molecular formula is C12H23IN4O. The van der Waals surface area contributed by atoms with Crippen LogP contribution in [0, 0.1) is 0 Å². The Morgan fingerprint density at radius 3 is 2.67 bits per heavy atom. The number of halogens is 1. The predicted octanol–water partition coefficient (Wildman–Crippen LogP) is 2.32. The summed E-state index contributed by atoms with van der Waals surface area (Å²) in [5.41, 5.74) is 0.974. The molecule has 0 saturated heterocycles. The van der Waals surface area contributed by atoms with Gasteiger partial charge in [0.2, 0.25) is 0 Å². The fourth-order valence-electron chi connectivity index (χ4n) is 1.34. The van der Waals surface area contributed by atoms with Gasteiger partial charge in [-0.05, 0) is 19.8 Å². The van der Waals surface area contributed by atoms with Crippen molar-refractivity contribution in [2.45, 2.75) is 40.2 Å². The molecule has 0 fully saturated rings. The van der Waals surface area contributed by atoms with E-state index in [-0.39, 0.29) is 24.0 Å². The Hall–Kier alpha value is -0.790. The SMILES string of the molecule is CCCNC(=NCc1cc(CC)no1)NCC.I. The first-order chi connectivity index (χ1) is 8.30. The van der Waals surface area contributed by atoms with Crippen molar-refractivity contribution in [3.63, 3.8) is 0 Å². The highest BCUT2D eigenvalue weighted by Gasteiger charge is 2.02. The molecule has 0 aliphatic heterocycles. The van der Waals surface area contributed by atoms with E-state index in [9.17, 15) is 0 Å². The molecule has 1 rings (SSSR count). The molecule has 1 aromatic rings. The van der Waals surface area contributed by atoms with Crippen molar-refractivity contribution >= 4 is 29.9 Å². The molecule has 5 nitrogen and oxygen atoms in total. The Bertz CT molecular complexity index is 352. The minimum Gasteiger partial charge on any atom is -0.359 e. The summed E-state index contributed by atoms with van der Waals surface area (Å²) in [4.78, 5) is 4.43. The third kappa shape index (κ3) is 6.23. The first kappa shape index (κ1) is 17.2. The van der Waals surface area contributed by atoms with Gasteiger partial charge in [0.1, 0.15) is 6.54 Å². The lowest BCUT2D eigenvalue weighted by molar-refractivity contribution is 0.379. The standard InChI is InChI=1S/C12H22N4O.HI/c1-4-7-14-12(13-6-3)15-9-11-8-10(5-2)16-17-11;/h8H,4-7,9H2,1-3H3,(H2,13,14,15);1H. The van der Waals surface area contributed by atoms with Crippen molar-refractivity contribution in [3.8, 4) is 0 Å². The van der Waals surface area contributed by atoms with E-state index in [0.29, 0.717) is 6.54 Å². The largest absolute Gasteiger partial charge is 0.359 e. The number of rotatable bonds is 6. The van der Waals surface area contributed by atoms with Crippen LogP contribution in [0.2, 0.25) is 0 Å². The van der Waals surface area contributed by atoms with Gasteiger partial charge >= 0.3 is 0 Å². The van der Waals surface area contributed by atoms with E-state index in [1.807, 2.05) is 13.0 Å². The second-order valence-electron chi connectivity index (χ2n) is 3.76. The first-order valence-electron chi connectivity index (χ1n) is 6.26. The average molecular weight is 366 g/mol. The molecule has 1 heterocycles. The number of hydrogen-bond donors (Lipinski definition) is 2. The summed E-state index contributed by atoms with van der Waals surface area (Å²) in [5, 5.41) is 10.4. The fraction of sp³-hybridized carbons (Fsp3) is 0.667. The van der Waals surface area contributed by atoms with Crippen molar-refractivity contribution < 1.29 is 4.52 Å². The molecule has 0 radical (unpaired) electrons. The number of nitrogens with zero attached hydrogens (tertiary/aromatic N) is 2. The summed E-state index contributed by atoms with van der Waals surface area (Å²) in [6, 6.07) is 1.95. The van der Waals surface area contributed by atoms with E-state index in [1.165, 1.54) is 0 Å². The lowest BCUT2D eigenvalue weighted by Gasteiger charge is -2.09. The molecule has 0 unspecified atom stereocenters. The summed E-state index contributed by atoms with van der Waals surface area (Å²) in [7, 11) is 0. The molecule has 0 aromatic carbocycles. The molecule has 2 N–H and O–H groups in total. The van der Waals surface area contributed by atoms with Crippen LogP contribution in [0.15, 0.2) is 15.6 Å². The van der Waals surface area contributed by atoms with Crippen LogP contribution in [-0.2, 0) is 13.0 Å². The van der Waals surface area contributed by atoms with Gasteiger partial charge in [0.25, 0.3) is 0 Å². The lowest BCUT2D eigenvalue weighted by atomic mass is 10.3. The highest BCUT2D eigenvalue weighted by molar-refractivity contribution is 14.0. The molecule has 0 atom stereocenters. The number of aliphatic imine (C=N–C) groups is 1. The van der Waals surface area contributed by atoms with Gasteiger partial charge in [0, 0.05) is 19.2 Å². The van der Waals surface area contributed by atoms with Gasteiger partial charge in [-0.25, -0.2) is 4.99 Å². The summed E-state index contributed by atoms with van der Waals surface area (Å²) < 4.78 is 5.18. The lowest BCUT2D eigenvalue weighted by Crippen LogP contribution is -2.37. The molecule has 104 valence electrons. The van der Waals surface area contributed by atoms with Gasteiger partial charge in [-0.1, -0.05) is 19.0 Å². The summed E-state index contributed by atoms with van der Waals surface area (Å²) >= 11 is 0. The van der Waals surface area contributed by atoms with Gasteiger partial charge in [-0.15, -0.1) is 24.0 Å². The molecule has 0 saturated carbocycles. The third-order valence-corrected chi connectivity index (χ3v) is 2.25. The van der Waals surface area contributed by atoms with Crippen LogP contribution >= 0.6 is 24.0 Å². The number of guanidine groups is 1. The van der Waals surface area contributed by atoms with Crippen LogP contribution in [-0.4, -0.2) is 24.2 Å². The van der Waals surface area contributed by atoms with Crippen molar-refractivity contribution in [1.82, 2.24) is 15.8 Å². The smallest absolute Gasteiger partial charge is 0.191 e. The Labute approximate surface area is 126 Å². The van der Waals surface area contributed by atoms with E-state index >= 15 is 0 Å². The van der Waals surface area contributed by atoms with Crippen LogP contribution in [0.3, 0.4) is 0 Å². The monoisotopic (exact) mass is 366 g/mol. The van der Waals surface area contributed by atoms with Crippen molar-refractivity contribution in [1.29, 1.82) is 0 Å².